The summed E-state index contributed by atoms with van der Waals surface area (Å²) in [6, 6.07) is 17.4. The Morgan fingerprint density at radius 3 is 2.29 bits per heavy atom. The lowest BCUT2D eigenvalue weighted by molar-refractivity contribution is -0.181. The van der Waals surface area contributed by atoms with E-state index in [1.54, 1.807) is 20.0 Å². The molecule has 1 aliphatic heterocycles. The van der Waals surface area contributed by atoms with E-state index in [0.717, 1.165) is 23.1 Å². The molecule has 1 saturated heterocycles. The summed E-state index contributed by atoms with van der Waals surface area (Å²) < 4.78 is 54.0. The van der Waals surface area contributed by atoms with E-state index in [-0.39, 0.29) is 30.4 Å². The molecule has 7 nitrogen and oxygen atoms in total. The van der Waals surface area contributed by atoms with Crippen molar-refractivity contribution >= 4 is 12.4 Å². The van der Waals surface area contributed by atoms with Gasteiger partial charge in [-0.05, 0) is 57.7 Å². The van der Waals surface area contributed by atoms with Gasteiger partial charge in [0, 0.05) is 30.2 Å². The predicted molar refractivity (Wildman–Crippen MR) is 178 cm³/mol. The topological polar surface area (TPSA) is 88.1 Å². The number of hydrogen-bond donors (Lipinski definition) is 2. The Bertz CT molecular complexity index is 1450. The number of allylic oxidation sites excluding steroid dienone is 1. The number of carbonyl (C=O) groups excluding carboxylic acids is 2. The molecule has 0 saturated carbocycles. The Morgan fingerprint density at radius 1 is 1.04 bits per heavy atom. The zero-order valence-electron chi connectivity index (χ0n) is 28.6. The smallest absolute Gasteiger partial charge is 0.396 e. The van der Waals surface area contributed by atoms with Crippen molar-refractivity contribution in [1.29, 1.82) is 0 Å². The van der Waals surface area contributed by atoms with E-state index in [1.165, 1.54) is 4.90 Å². The highest BCUT2D eigenvalue weighted by Gasteiger charge is 2.53. The third kappa shape index (κ3) is 7.56. The summed E-state index contributed by atoms with van der Waals surface area (Å²) in [5.41, 5.74) is 0.439. The molecule has 0 radical (unpaired) electrons. The minimum absolute atomic E-state index is 0.0244. The third-order valence-corrected chi connectivity index (χ3v) is 9.73. The number of ether oxygens (including phenoxy) is 2. The first-order valence-electron chi connectivity index (χ1n) is 17.0. The molecule has 2 aromatic rings. The summed E-state index contributed by atoms with van der Waals surface area (Å²) in [5.74, 6) is -3.04. The van der Waals surface area contributed by atoms with Crippen LogP contribution in [0.3, 0.4) is 0 Å². The second-order valence-corrected chi connectivity index (χ2v) is 13.0. The van der Waals surface area contributed by atoms with E-state index in [4.69, 9.17) is 9.47 Å². The number of hydrogen-bond acceptors (Lipinski definition) is 6. The van der Waals surface area contributed by atoms with Gasteiger partial charge in [-0.2, -0.15) is 13.2 Å². The number of halogens is 3. The minimum atomic E-state index is -4.56. The fraction of sp³-hybridized carbons (Fsp3) is 0.526. The average molecular weight is 671 g/mol. The molecule has 2 aromatic carbocycles. The summed E-state index contributed by atoms with van der Waals surface area (Å²) in [5, 5.41) is 15.6. The Morgan fingerprint density at radius 2 is 1.71 bits per heavy atom. The fourth-order valence-electron chi connectivity index (χ4n) is 7.32. The molecular weight excluding hydrogens is 621 g/mol. The normalized spacial score (nSPS) is 22.2. The number of rotatable bonds is 16. The Labute approximate surface area is 282 Å². The molecule has 4 rings (SSSR count). The van der Waals surface area contributed by atoms with Crippen LogP contribution in [0.4, 0.5) is 13.2 Å². The maximum Gasteiger partial charge on any atom is 0.396 e. The second kappa shape index (κ2) is 15.8. The summed E-state index contributed by atoms with van der Waals surface area (Å²) in [6.45, 7) is 8.02. The Kier molecular flexibility index (Phi) is 12.3. The van der Waals surface area contributed by atoms with Crippen molar-refractivity contribution < 1.29 is 37.3 Å². The number of nitrogens with zero attached hydrogens (tertiary/aromatic N) is 1. The molecule has 1 fully saturated rings. The monoisotopic (exact) mass is 670 g/mol. The first kappa shape index (κ1) is 37.4. The maximum absolute atomic E-state index is 14.0. The minimum Gasteiger partial charge on any atom is -0.426 e. The van der Waals surface area contributed by atoms with Crippen molar-refractivity contribution in [3.63, 3.8) is 0 Å². The largest absolute Gasteiger partial charge is 0.426 e. The number of aliphatic hydroxyl groups is 1. The lowest BCUT2D eigenvalue weighted by Crippen LogP contribution is -2.66. The van der Waals surface area contributed by atoms with Crippen LogP contribution < -0.4 is 5.32 Å². The molecule has 0 spiro atoms. The third-order valence-electron chi connectivity index (χ3n) is 9.73. The van der Waals surface area contributed by atoms with Crippen molar-refractivity contribution in [2.24, 2.45) is 11.8 Å². The maximum atomic E-state index is 14.0. The van der Waals surface area contributed by atoms with Gasteiger partial charge in [0.1, 0.15) is 11.3 Å². The van der Waals surface area contributed by atoms with Crippen molar-refractivity contribution in [3.05, 3.63) is 94.3 Å². The molecule has 1 heterocycles. The van der Waals surface area contributed by atoms with E-state index in [2.05, 4.69) is 5.32 Å². The van der Waals surface area contributed by atoms with Crippen LogP contribution in [0.2, 0.25) is 0 Å². The number of likely N-dealkylation sites (N-methyl/N-ethyl adjacent to an activating group) is 1. The molecule has 0 bridgehead atoms. The van der Waals surface area contributed by atoms with Gasteiger partial charge in [-0.3, -0.25) is 9.59 Å². The van der Waals surface area contributed by atoms with Gasteiger partial charge in [0.05, 0.1) is 18.4 Å². The van der Waals surface area contributed by atoms with Crippen LogP contribution in [-0.4, -0.2) is 60.6 Å². The number of amides is 1. The van der Waals surface area contributed by atoms with E-state index in [1.807, 2.05) is 75.4 Å². The van der Waals surface area contributed by atoms with E-state index in [0.29, 0.717) is 44.1 Å². The molecular formula is C38H49F3N2O5. The van der Waals surface area contributed by atoms with Crippen LogP contribution >= 0.6 is 0 Å². The highest BCUT2D eigenvalue weighted by molar-refractivity contribution is 5.75. The number of nitrogens with one attached hydrogen (secondary N) is 1. The van der Waals surface area contributed by atoms with Crippen LogP contribution in [0.5, 0.6) is 0 Å². The van der Waals surface area contributed by atoms with Gasteiger partial charge < -0.3 is 24.8 Å². The van der Waals surface area contributed by atoms with Crippen LogP contribution in [-0.2, 0) is 24.6 Å². The van der Waals surface area contributed by atoms with Gasteiger partial charge in [-0.25, -0.2) is 0 Å². The summed E-state index contributed by atoms with van der Waals surface area (Å²) >= 11 is 0. The Balaban J connectivity index is 1.53. The molecule has 2 N–H and O–H groups in total. The van der Waals surface area contributed by atoms with Gasteiger partial charge in [0.2, 0.25) is 6.41 Å². The standard InChI is InChI=1S/C38H49F3N2O5/c1-6-13-27-23-31-32(38(39,40)41)24-33(45)48-35(31)30(14-7-2)34(27)47-22-12-11-21-43(25-44)36(4,46)37(42-5,28-15-9-8-10-16-28)29-19-17-26(3)18-20-29/h8-10,15-20,23,25,27,32,34,42,46H,6-7,11-14,21-22,24H2,1-5H3. The van der Waals surface area contributed by atoms with Crippen molar-refractivity contribution in [1.82, 2.24) is 10.2 Å². The van der Waals surface area contributed by atoms with Gasteiger partial charge in [0.15, 0.2) is 5.72 Å². The van der Waals surface area contributed by atoms with Gasteiger partial charge in [0.25, 0.3) is 0 Å². The van der Waals surface area contributed by atoms with Gasteiger partial charge in [-0.15, -0.1) is 0 Å². The Hall–Kier alpha value is -3.47. The van der Waals surface area contributed by atoms with E-state index < -0.39 is 41.9 Å². The predicted octanol–water partition coefficient (Wildman–Crippen LogP) is 7.33. The van der Waals surface area contributed by atoms with Gasteiger partial charge >= 0.3 is 12.1 Å². The second-order valence-electron chi connectivity index (χ2n) is 13.0. The van der Waals surface area contributed by atoms with Crippen LogP contribution in [0.15, 0.2) is 77.6 Å². The van der Waals surface area contributed by atoms with Gasteiger partial charge in [-0.1, -0.05) is 92.9 Å². The molecule has 262 valence electrons. The highest BCUT2D eigenvalue weighted by Crippen LogP contribution is 2.48. The molecule has 1 aliphatic carbocycles. The molecule has 10 heteroatoms. The molecule has 2 aliphatic rings. The zero-order valence-corrected chi connectivity index (χ0v) is 28.6. The van der Waals surface area contributed by atoms with Crippen molar-refractivity contribution in [3.8, 4) is 0 Å². The van der Waals surface area contributed by atoms with Crippen molar-refractivity contribution in [2.45, 2.75) is 96.2 Å². The molecule has 0 aromatic heterocycles. The molecule has 5 unspecified atom stereocenters. The number of fused-ring (bicyclic) bond motifs is 1. The number of esters is 1. The van der Waals surface area contributed by atoms with E-state index >= 15 is 0 Å². The highest BCUT2D eigenvalue weighted by atomic mass is 19.4. The first-order chi connectivity index (χ1) is 22.8. The lowest BCUT2D eigenvalue weighted by Gasteiger charge is -2.50. The van der Waals surface area contributed by atoms with E-state index in [9.17, 15) is 27.9 Å². The quantitative estimate of drug-likeness (QED) is 0.0842. The van der Waals surface area contributed by atoms with Crippen LogP contribution in [0.25, 0.3) is 0 Å². The molecule has 5 atom stereocenters. The summed E-state index contributed by atoms with van der Waals surface area (Å²) in [7, 11) is 1.76. The summed E-state index contributed by atoms with van der Waals surface area (Å²) in [4.78, 5) is 26.3. The average Bonchev–Trinajstić information content (AvgIpc) is 3.05. The number of aryl methyl sites for hydroxylation is 1. The fourth-order valence-corrected chi connectivity index (χ4v) is 7.32. The van der Waals surface area contributed by atoms with Crippen LogP contribution in [0, 0.1) is 18.8 Å². The number of unbranched alkanes of at least 4 members (excludes halogenated alkanes) is 1. The lowest BCUT2D eigenvalue weighted by atomic mass is 9.74. The number of benzene rings is 2. The molecule has 48 heavy (non-hydrogen) atoms. The first-order valence-corrected chi connectivity index (χ1v) is 17.0. The molecule has 1 amide bonds. The number of alkyl halides is 3. The zero-order chi connectivity index (χ0) is 35.1. The SMILES string of the molecule is CCCC1=C2OC(=O)CC(C(F)(F)F)C2=CC(CCC)C1OCCCCN(C=O)C(C)(O)C(NC)(c1ccccc1)c1ccc(C)cc1. The van der Waals surface area contributed by atoms with Crippen molar-refractivity contribution in [2.75, 3.05) is 20.2 Å². The van der Waals surface area contributed by atoms with Crippen LogP contribution in [0.1, 0.15) is 82.4 Å². The summed E-state index contributed by atoms with van der Waals surface area (Å²) in [6.07, 6.45) is -0.0408. The number of carbonyl (C=O) groups is 2.